The van der Waals surface area contributed by atoms with Crippen molar-refractivity contribution >= 4 is 0 Å². The lowest BCUT2D eigenvalue weighted by atomic mass is 10.3. The molecule has 1 unspecified atom stereocenters. The molecule has 0 aliphatic heterocycles. The van der Waals surface area contributed by atoms with Crippen LogP contribution in [0.5, 0.6) is 17.6 Å². The minimum Gasteiger partial charge on any atom is -0.445 e. The van der Waals surface area contributed by atoms with Crippen molar-refractivity contribution in [3.05, 3.63) is 42.1 Å². The highest BCUT2D eigenvalue weighted by Crippen LogP contribution is 2.21. The van der Waals surface area contributed by atoms with Crippen LogP contribution in [-0.4, -0.2) is 16.1 Å². The highest BCUT2D eigenvalue weighted by Gasteiger charge is 2.08. The first-order valence-electron chi connectivity index (χ1n) is 5.82. The Hall–Kier alpha value is -2.61. The third kappa shape index (κ3) is 3.68. The Bertz CT molecular complexity index is 593. The summed E-state index contributed by atoms with van der Waals surface area (Å²) in [4.78, 5) is 8.21. The van der Waals surface area contributed by atoms with E-state index in [1.165, 1.54) is 0 Å². The third-order valence-electron chi connectivity index (χ3n) is 2.24. The zero-order valence-corrected chi connectivity index (χ0v) is 10.7. The van der Waals surface area contributed by atoms with Crippen molar-refractivity contribution < 1.29 is 9.47 Å². The maximum absolute atomic E-state index is 8.71. The van der Waals surface area contributed by atoms with Gasteiger partial charge in [-0.3, -0.25) is 0 Å². The van der Waals surface area contributed by atoms with Crippen LogP contribution in [-0.2, 0) is 0 Å². The van der Waals surface area contributed by atoms with E-state index < -0.39 is 6.10 Å². The molecule has 0 bridgehead atoms. The monoisotopic (exact) mass is 255 g/mol. The van der Waals surface area contributed by atoms with Crippen LogP contribution in [0.25, 0.3) is 0 Å². The Labute approximate surface area is 111 Å². The Morgan fingerprint density at radius 1 is 1.21 bits per heavy atom. The number of nitrogens with zero attached hydrogens (tertiary/aromatic N) is 3. The Kier molecular flexibility index (Phi) is 3.94. The van der Waals surface area contributed by atoms with E-state index in [-0.39, 0.29) is 6.01 Å². The van der Waals surface area contributed by atoms with Crippen LogP contribution in [0.1, 0.15) is 12.6 Å². The van der Waals surface area contributed by atoms with Gasteiger partial charge in [0.25, 0.3) is 0 Å². The summed E-state index contributed by atoms with van der Waals surface area (Å²) >= 11 is 0. The van der Waals surface area contributed by atoms with Crippen LogP contribution in [0.2, 0.25) is 0 Å². The maximum Gasteiger partial charge on any atom is 0.321 e. The van der Waals surface area contributed by atoms with Crippen molar-refractivity contribution in [1.82, 2.24) is 9.97 Å². The smallest absolute Gasteiger partial charge is 0.321 e. The highest BCUT2D eigenvalue weighted by molar-refractivity contribution is 5.28. The quantitative estimate of drug-likeness (QED) is 0.840. The molecule has 0 fully saturated rings. The summed E-state index contributed by atoms with van der Waals surface area (Å²) < 4.78 is 10.9. The number of ether oxygens (including phenoxy) is 2. The zero-order valence-electron chi connectivity index (χ0n) is 10.7. The standard InChI is InChI=1S/C14H13N3O2/c1-10-8-13(19-12-6-4-3-5-7-12)17-14(16-10)18-11(2)9-15/h3-8,11H,1-2H3. The van der Waals surface area contributed by atoms with E-state index in [0.29, 0.717) is 17.3 Å². The van der Waals surface area contributed by atoms with Gasteiger partial charge >= 0.3 is 6.01 Å². The Morgan fingerprint density at radius 2 is 1.95 bits per heavy atom. The van der Waals surface area contributed by atoms with Crippen molar-refractivity contribution in [2.24, 2.45) is 0 Å². The lowest BCUT2D eigenvalue weighted by Crippen LogP contribution is -2.11. The summed E-state index contributed by atoms with van der Waals surface area (Å²) in [5.74, 6) is 1.07. The minimum absolute atomic E-state index is 0.139. The van der Waals surface area contributed by atoms with Crippen LogP contribution in [0.4, 0.5) is 0 Å². The second-order valence-electron chi connectivity index (χ2n) is 3.93. The fraction of sp³-hybridized carbons (Fsp3) is 0.214. The van der Waals surface area contributed by atoms with E-state index in [2.05, 4.69) is 9.97 Å². The number of hydrogen-bond acceptors (Lipinski definition) is 5. The first-order chi connectivity index (χ1) is 9.17. The van der Waals surface area contributed by atoms with Gasteiger partial charge in [0.2, 0.25) is 5.88 Å². The summed E-state index contributed by atoms with van der Waals surface area (Å²) in [6.07, 6.45) is -0.605. The van der Waals surface area contributed by atoms with Gasteiger partial charge in [-0.1, -0.05) is 18.2 Å². The molecule has 1 atom stereocenters. The van der Waals surface area contributed by atoms with E-state index >= 15 is 0 Å². The molecule has 0 amide bonds. The van der Waals surface area contributed by atoms with Gasteiger partial charge in [0.15, 0.2) is 6.10 Å². The van der Waals surface area contributed by atoms with Crippen molar-refractivity contribution in [2.45, 2.75) is 20.0 Å². The van der Waals surface area contributed by atoms with Gasteiger partial charge in [0.1, 0.15) is 11.8 Å². The number of rotatable bonds is 4. The average Bonchev–Trinajstić information content (AvgIpc) is 2.39. The van der Waals surface area contributed by atoms with Crippen molar-refractivity contribution in [3.63, 3.8) is 0 Å². The molecular weight excluding hydrogens is 242 g/mol. The van der Waals surface area contributed by atoms with Crippen molar-refractivity contribution in [1.29, 1.82) is 5.26 Å². The molecule has 0 spiro atoms. The topological polar surface area (TPSA) is 68.0 Å². The van der Waals surface area contributed by atoms with Crippen molar-refractivity contribution in [2.75, 3.05) is 0 Å². The number of benzene rings is 1. The molecule has 5 nitrogen and oxygen atoms in total. The van der Waals surface area contributed by atoms with Gasteiger partial charge in [-0.2, -0.15) is 10.2 Å². The second kappa shape index (κ2) is 5.83. The van der Waals surface area contributed by atoms with Crippen LogP contribution < -0.4 is 9.47 Å². The number of nitriles is 1. The van der Waals surface area contributed by atoms with E-state index in [4.69, 9.17) is 14.7 Å². The van der Waals surface area contributed by atoms with Gasteiger partial charge in [0.05, 0.1) is 0 Å². The number of aromatic nitrogens is 2. The van der Waals surface area contributed by atoms with E-state index in [0.717, 1.165) is 0 Å². The van der Waals surface area contributed by atoms with Crippen LogP contribution in [0.15, 0.2) is 36.4 Å². The Morgan fingerprint density at radius 3 is 2.63 bits per heavy atom. The molecule has 0 N–H and O–H groups in total. The van der Waals surface area contributed by atoms with Gasteiger partial charge in [-0.25, -0.2) is 4.98 Å². The summed E-state index contributed by atoms with van der Waals surface area (Å²) in [5, 5.41) is 8.71. The Balaban J connectivity index is 2.20. The van der Waals surface area contributed by atoms with Gasteiger partial charge in [-0.15, -0.1) is 0 Å². The predicted molar refractivity (Wildman–Crippen MR) is 69.0 cm³/mol. The normalized spacial score (nSPS) is 11.4. The molecule has 5 heteroatoms. The molecule has 2 aromatic rings. The molecule has 0 saturated carbocycles. The number of para-hydroxylation sites is 1. The molecule has 0 aliphatic rings. The molecule has 0 aliphatic carbocycles. The molecule has 1 aromatic carbocycles. The SMILES string of the molecule is Cc1cc(Oc2ccccc2)nc(OC(C)C#N)n1. The second-order valence-corrected chi connectivity index (χ2v) is 3.93. The maximum atomic E-state index is 8.71. The van der Waals surface area contributed by atoms with Crippen molar-refractivity contribution in [3.8, 4) is 23.7 Å². The molecule has 1 heterocycles. The molecule has 1 aromatic heterocycles. The fourth-order valence-electron chi connectivity index (χ4n) is 1.41. The fourth-order valence-corrected chi connectivity index (χ4v) is 1.41. The predicted octanol–water partition coefficient (Wildman–Crippen LogP) is 2.87. The van der Waals surface area contributed by atoms with Crippen LogP contribution >= 0.6 is 0 Å². The minimum atomic E-state index is -0.605. The zero-order chi connectivity index (χ0) is 13.7. The number of hydrogen-bond donors (Lipinski definition) is 0. The van der Waals surface area contributed by atoms with E-state index in [1.54, 1.807) is 13.0 Å². The van der Waals surface area contributed by atoms with Crippen LogP contribution in [0.3, 0.4) is 0 Å². The number of aryl methyl sites for hydroxylation is 1. The molecule has 19 heavy (non-hydrogen) atoms. The molecular formula is C14H13N3O2. The average molecular weight is 255 g/mol. The molecule has 0 saturated heterocycles. The molecule has 0 radical (unpaired) electrons. The lowest BCUT2D eigenvalue weighted by Gasteiger charge is -2.09. The largest absolute Gasteiger partial charge is 0.445 e. The highest BCUT2D eigenvalue weighted by atomic mass is 16.5. The lowest BCUT2D eigenvalue weighted by molar-refractivity contribution is 0.249. The third-order valence-corrected chi connectivity index (χ3v) is 2.24. The van der Waals surface area contributed by atoms with E-state index in [9.17, 15) is 0 Å². The first kappa shape index (κ1) is 12.8. The van der Waals surface area contributed by atoms with Gasteiger partial charge < -0.3 is 9.47 Å². The summed E-state index contributed by atoms with van der Waals surface area (Å²) in [6, 6.07) is 13.1. The first-order valence-corrected chi connectivity index (χ1v) is 5.82. The van der Waals surface area contributed by atoms with Gasteiger partial charge in [-0.05, 0) is 26.0 Å². The summed E-state index contributed by atoms with van der Waals surface area (Å²) in [7, 11) is 0. The van der Waals surface area contributed by atoms with Gasteiger partial charge in [0, 0.05) is 11.8 Å². The molecule has 2 rings (SSSR count). The summed E-state index contributed by atoms with van der Waals surface area (Å²) in [5.41, 5.74) is 0.709. The van der Waals surface area contributed by atoms with Crippen LogP contribution in [0, 0.1) is 18.3 Å². The van der Waals surface area contributed by atoms with E-state index in [1.807, 2.05) is 43.3 Å². The summed E-state index contributed by atoms with van der Waals surface area (Å²) in [6.45, 7) is 3.44. The molecule has 96 valence electrons.